The minimum absolute atomic E-state index is 0.235. The Labute approximate surface area is 264 Å². The largest absolute Gasteiger partial charge is 0.206 e. The minimum atomic E-state index is -0.814. The summed E-state index contributed by atoms with van der Waals surface area (Å²) in [4.78, 5) is 0. The molecule has 3 aromatic carbocycles. The summed E-state index contributed by atoms with van der Waals surface area (Å²) in [6.07, 6.45) is 22.0. The van der Waals surface area contributed by atoms with Crippen molar-refractivity contribution in [1.82, 2.24) is 0 Å². The molecule has 0 spiro atoms. The average molecular weight is 601 g/mol. The summed E-state index contributed by atoms with van der Waals surface area (Å²) in [5.41, 5.74) is 4.74. The van der Waals surface area contributed by atoms with Gasteiger partial charge in [-0.3, -0.25) is 0 Å². The zero-order chi connectivity index (χ0) is 30.9. The highest BCUT2D eigenvalue weighted by atomic mass is 19.2. The Morgan fingerprint density at radius 3 is 1.93 bits per heavy atom. The third kappa shape index (κ3) is 8.06. The summed E-state index contributed by atoms with van der Waals surface area (Å²) in [6, 6.07) is 16.0. The Balaban J connectivity index is 1.16. The highest BCUT2D eigenvalue weighted by Crippen LogP contribution is 2.42. The topological polar surface area (TPSA) is 0 Å². The molecule has 0 nitrogen and oxygen atoms in total. The molecule has 3 aromatic rings. The zero-order valence-corrected chi connectivity index (χ0v) is 27.0. The number of rotatable bonds is 13. The smallest absolute Gasteiger partial charge is 0.166 e. The third-order valence-corrected chi connectivity index (χ3v) is 10.5. The summed E-state index contributed by atoms with van der Waals surface area (Å²) in [5, 5.41) is 0. The van der Waals surface area contributed by atoms with Gasteiger partial charge in [-0.25, -0.2) is 13.2 Å². The van der Waals surface area contributed by atoms with Gasteiger partial charge in [0.2, 0.25) is 0 Å². The Kier molecular flexibility index (Phi) is 11.8. The van der Waals surface area contributed by atoms with E-state index in [1.165, 1.54) is 76.2 Å². The van der Waals surface area contributed by atoms with Crippen LogP contribution in [0.1, 0.15) is 121 Å². The van der Waals surface area contributed by atoms with Crippen LogP contribution >= 0.6 is 0 Å². The van der Waals surface area contributed by atoms with Gasteiger partial charge in [-0.15, -0.1) is 0 Å². The zero-order valence-electron chi connectivity index (χ0n) is 27.0. The van der Waals surface area contributed by atoms with E-state index in [1.807, 2.05) is 19.1 Å². The van der Waals surface area contributed by atoms with Crippen molar-refractivity contribution in [2.75, 3.05) is 0 Å². The van der Waals surface area contributed by atoms with Gasteiger partial charge in [0.1, 0.15) is 5.82 Å². The number of aryl methyl sites for hydroxylation is 1. The number of allylic oxidation sites excluding steroid dienone is 2. The first-order chi connectivity index (χ1) is 21.5. The molecule has 1 fully saturated rings. The van der Waals surface area contributed by atoms with E-state index in [0.717, 1.165) is 54.6 Å². The molecule has 0 heterocycles. The number of benzene rings is 3. The van der Waals surface area contributed by atoms with E-state index >= 15 is 4.39 Å². The molecule has 0 saturated heterocycles. The van der Waals surface area contributed by atoms with Crippen LogP contribution in [0.5, 0.6) is 0 Å². The Hall–Kier alpha value is -2.81. The fraction of sp³-hybridized carbons (Fsp3) is 0.512. The molecule has 0 aromatic heterocycles. The Bertz CT molecular complexity index is 1380. The van der Waals surface area contributed by atoms with Gasteiger partial charge in [-0.1, -0.05) is 126 Å². The lowest BCUT2D eigenvalue weighted by molar-refractivity contribution is 0.187. The molecule has 2 aliphatic rings. The van der Waals surface area contributed by atoms with Crippen LogP contribution in [0.2, 0.25) is 0 Å². The van der Waals surface area contributed by atoms with Gasteiger partial charge in [-0.05, 0) is 96.6 Å². The summed E-state index contributed by atoms with van der Waals surface area (Å²) >= 11 is 0. The first-order valence-corrected chi connectivity index (χ1v) is 17.5. The van der Waals surface area contributed by atoms with Crippen molar-refractivity contribution in [3.8, 4) is 22.3 Å². The normalized spacial score (nSPS) is 20.5. The number of unbranched alkanes of at least 4 members (excludes halogenated alkanes) is 5. The molecule has 236 valence electrons. The van der Waals surface area contributed by atoms with Crippen LogP contribution in [0, 0.1) is 35.2 Å². The molecule has 5 rings (SSSR count). The third-order valence-electron chi connectivity index (χ3n) is 10.5. The SMILES string of the molecule is CCCCCCCC1CCC(C2CC=C(c3ccc(-c4ccc(-c5ccc(CCCC)c(F)c5F)cc4)c(F)c3)CC2)CC1. The van der Waals surface area contributed by atoms with Gasteiger partial charge in [0.05, 0.1) is 0 Å². The van der Waals surface area contributed by atoms with Crippen LogP contribution in [0.4, 0.5) is 13.2 Å². The molecule has 1 atom stereocenters. The van der Waals surface area contributed by atoms with Gasteiger partial charge in [-0.2, -0.15) is 0 Å². The molecule has 0 amide bonds. The molecule has 1 saturated carbocycles. The van der Waals surface area contributed by atoms with E-state index in [4.69, 9.17) is 0 Å². The Morgan fingerprint density at radius 1 is 0.614 bits per heavy atom. The van der Waals surface area contributed by atoms with Crippen molar-refractivity contribution in [2.45, 2.75) is 117 Å². The lowest BCUT2D eigenvalue weighted by Gasteiger charge is -2.35. The molecule has 0 radical (unpaired) electrons. The maximum absolute atomic E-state index is 15.4. The van der Waals surface area contributed by atoms with Gasteiger partial charge in [0, 0.05) is 11.1 Å². The minimum Gasteiger partial charge on any atom is -0.206 e. The van der Waals surface area contributed by atoms with E-state index in [-0.39, 0.29) is 11.4 Å². The molecular formula is C41H51F3. The monoisotopic (exact) mass is 600 g/mol. The van der Waals surface area contributed by atoms with Crippen molar-refractivity contribution in [1.29, 1.82) is 0 Å². The molecule has 3 heteroatoms. The van der Waals surface area contributed by atoms with Crippen LogP contribution < -0.4 is 0 Å². The molecule has 44 heavy (non-hydrogen) atoms. The van der Waals surface area contributed by atoms with Gasteiger partial charge < -0.3 is 0 Å². The van der Waals surface area contributed by atoms with E-state index < -0.39 is 11.6 Å². The van der Waals surface area contributed by atoms with Crippen LogP contribution in [-0.4, -0.2) is 0 Å². The van der Waals surface area contributed by atoms with Crippen molar-refractivity contribution in [3.05, 3.63) is 89.3 Å². The number of hydrogen-bond acceptors (Lipinski definition) is 0. The predicted octanol–water partition coefficient (Wildman–Crippen LogP) is 13.1. The van der Waals surface area contributed by atoms with E-state index in [0.29, 0.717) is 23.1 Å². The average Bonchev–Trinajstić information content (AvgIpc) is 3.06. The first-order valence-electron chi connectivity index (χ1n) is 17.5. The van der Waals surface area contributed by atoms with E-state index in [1.54, 1.807) is 42.5 Å². The predicted molar refractivity (Wildman–Crippen MR) is 180 cm³/mol. The van der Waals surface area contributed by atoms with E-state index in [2.05, 4.69) is 13.0 Å². The van der Waals surface area contributed by atoms with Crippen LogP contribution in [0.15, 0.2) is 60.7 Å². The number of hydrogen-bond donors (Lipinski definition) is 0. The second-order valence-corrected chi connectivity index (χ2v) is 13.5. The quantitative estimate of drug-likeness (QED) is 0.171. The van der Waals surface area contributed by atoms with Gasteiger partial charge in [0.15, 0.2) is 11.6 Å². The fourth-order valence-electron chi connectivity index (χ4n) is 7.68. The summed E-state index contributed by atoms with van der Waals surface area (Å²) < 4.78 is 44.9. The van der Waals surface area contributed by atoms with Crippen LogP contribution in [0.3, 0.4) is 0 Å². The standard InChI is InChI=1S/C41H51F3/c1-3-5-7-8-9-10-29-12-14-30(15-13-29)31-16-18-32(19-17-31)36-25-26-37(39(42)28-36)33-20-22-34(23-21-33)38-27-24-35(11-6-4-2)40(43)41(38)44/h18,20-31H,3-17,19H2,1-2H3. The lowest BCUT2D eigenvalue weighted by Crippen LogP contribution is -2.23. The van der Waals surface area contributed by atoms with Crippen molar-refractivity contribution >= 4 is 5.57 Å². The molecule has 1 unspecified atom stereocenters. The summed E-state index contributed by atoms with van der Waals surface area (Å²) in [7, 11) is 0. The molecule has 0 aliphatic heterocycles. The van der Waals surface area contributed by atoms with E-state index in [9.17, 15) is 8.78 Å². The lowest BCUT2D eigenvalue weighted by atomic mass is 9.70. The van der Waals surface area contributed by atoms with Crippen LogP contribution in [-0.2, 0) is 6.42 Å². The molecule has 2 aliphatic carbocycles. The first kappa shape index (κ1) is 32.6. The molecule has 0 bridgehead atoms. The van der Waals surface area contributed by atoms with Crippen molar-refractivity contribution < 1.29 is 13.2 Å². The maximum Gasteiger partial charge on any atom is 0.166 e. The molecular weight excluding hydrogens is 549 g/mol. The van der Waals surface area contributed by atoms with Crippen molar-refractivity contribution in [2.24, 2.45) is 17.8 Å². The summed E-state index contributed by atoms with van der Waals surface area (Å²) in [5.74, 6) is 0.759. The van der Waals surface area contributed by atoms with Crippen LogP contribution in [0.25, 0.3) is 27.8 Å². The highest BCUT2D eigenvalue weighted by molar-refractivity contribution is 5.74. The second kappa shape index (κ2) is 16.0. The molecule has 0 N–H and O–H groups in total. The van der Waals surface area contributed by atoms with Gasteiger partial charge in [0.25, 0.3) is 0 Å². The maximum atomic E-state index is 15.4. The second-order valence-electron chi connectivity index (χ2n) is 13.5. The Morgan fingerprint density at radius 2 is 1.27 bits per heavy atom. The fourth-order valence-corrected chi connectivity index (χ4v) is 7.68. The number of halogens is 3. The summed E-state index contributed by atoms with van der Waals surface area (Å²) in [6.45, 7) is 4.32. The van der Waals surface area contributed by atoms with Crippen molar-refractivity contribution in [3.63, 3.8) is 0 Å². The highest BCUT2D eigenvalue weighted by Gasteiger charge is 2.29. The van der Waals surface area contributed by atoms with Gasteiger partial charge >= 0.3 is 0 Å².